The summed E-state index contributed by atoms with van der Waals surface area (Å²) >= 11 is 0. The predicted octanol–water partition coefficient (Wildman–Crippen LogP) is 0.671. The standard InChI is InChI=1S/C7H8N2O/c10-7-5-2-1-3-6(5)8-4-9-7/h4H,1-3H2,(H,8,9,10). The van der Waals surface area contributed by atoms with Crippen LogP contribution in [0.3, 0.4) is 0 Å². The van der Waals surface area contributed by atoms with Gasteiger partial charge in [0.1, 0.15) is 6.33 Å². The van der Waals surface area contributed by atoms with Gasteiger partial charge in [-0.2, -0.15) is 0 Å². The van der Waals surface area contributed by atoms with Crippen molar-refractivity contribution in [3.63, 3.8) is 0 Å². The van der Waals surface area contributed by atoms with Gasteiger partial charge >= 0.3 is 0 Å². The van der Waals surface area contributed by atoms with Crippen LogP contribution in [0.1, 0.15) is 17.7 Å². The van der Waals surface area contributed by atoms with Crippen LogP contribution in [0.5, 0.6) is 5.88 Å². The van der Waals surface area contributed by atoms with E-state index in [0.29, 0.717) is 0 Å². The van der Waals surface area contributed by atoms with E-state index in [-0.39, 0.29) is 5.88 Å². The third-order valence-corrected chi connectivity index (χ3v) is 1.85. The van der Waals surface area contributed by atoms with Crippen LogP contribution in [0.2, 0.25) is 0 Å². The van der Waals surface area contributed by atoms with Crippen molar-refractivity contribution in [1.29, 1.82) is 0 Å². The van der Waals surface area contributed by atoms with Gasteiger partial charge in [0.15, 0.2) is 0 Å². The number of aromatic hydroxyl groups is 1. The number of hydrogen-bond donors (Lipinski definition) is 1. The lowest BCUT2D eigenvalue weighted by molar-refractivity contribution is 0.445. The normalized spacial score (nSPS) is 15.2. The second kappa shape index (κ2) is 1.94. The molecule has 3 nitrogen and oxygen atoms in total. The lowest BCUT2D eigenvalue weighted by Crippen LogP contribution is -1.89. The maximum absolute atomic E-state index is 9.18. The van der Waals surface area contributed by atoms with Gasteiger partial charge in [-0.3, -0.25) is 0 Å². The number of fused-ring (bicyclic) bond motifs is 1. The first-order chi connectivity index (χ1) is 4.88. The molecule has 0 saturated heterocycles. The Morgan fingerprint density at radius 3 is 3.00 bits per heavy atom. The fourth-order valence-corrected chi connectivity index (χ4v) is 1.34. The Morgan fingerprint density at radius 1 is 1.30 bits per heavy atom. The Morgan fingerprint density at radius 2 is 2.20 bits per heavy atom. The summed E-state index contributed by atoms with van der Waals surface area (Å²) in [6, 6.07) is 0. The SMILES string of the molecule is Oc1ncnc2c1CCC2. The molecule has 0 bridgehead atoms. The minimum atomic E-state index is 0.169. The predicted molar refractivity (Wildman–Crippen MR) is 35.7 cm³/mol. The Kier molecular flexibility index (Phi) is 1.09. The second-order valence-electron chi connectivity index (χ2n) is 2.48. The van der Waals surface area contributed by atoms with Gasteiger partial charge in [-0.25, -0.2) is 9.97 Å². The van der Waals surface area contributed by atoms with Gasteiger partial charge in [-0.05, 0) is 19.3 Å². The third-order valence-electron chi connectivity index (χ3n) is 1.85. The van der Waals surface area contributed by atoms with Crippen molar-refractivity contribution in [2.75, 3.05) is 0 Å². The fraction of sp³-hybridized carbons (Fsp3) is 0.429. The zero-order valence-electron chi connectivity index (χ0n) is 5.54. The van der Waals surface area contributed by atoms with Crippen molar-refractivity contribution in [3.8, 4) is 5.88 Å². The van der Waals surface area contributed by atoms with E-state index in [9.17, 15) is 5.11 Å². The molecule has 52 valence electrons. The summed E-state index contributed by atoms with van der Waals surface area (Å²) in [7, 11) is 0. The van der Waals surface area contributed by atoms with Crippen LogP contribution in [-0.2, 0) is 12.8 Å². The first kappa shape index (κ1) is 5.65. The maximum Gasteiger partial charge on any atom is 0.217 e. The molecule has 1 N–H and O–H groups in total. The molecule has 0 aliphatic heterocycles. The second-order valence-corrected chi connectivity index (χ2v) is 2.48. The molecule has 0 aromatic carbocycles. The topological polar surface area (TPSA) is 46.0 Å². The lowest BCUT2D eigenvalue weighted by atomic mass is 10.2. The smallest absolute Gasteiger partial charge is 0.217 e. The fourth-order valence-electron chi connectivity index (χ4n) is 1.34. The number of rotatable bonds is 0. The van der Waals surface area contributed by atoms with E-state index in [0.717, 1.165) is 30.5 Å². The minimum absolute atomic E-state index is 0.169. The van der Waals surface area contributed by atoms with Crippen LogP contribution in [0, 0.1) is 0 Å². The number of hydrogen-bond acceptors (Lipinski definition) is 3. The van der Waals surface area contributed by atoms with Crippen LogP contribution in [-0.4, -0.2) is 15.1 Å². The molecule has 0 saturated carbocycles. The van der Waals surface area contributed by atoms with Gasteiger partial charge in [0.25, 0.3) is 0 Å². The van der Waals surface area contributed by atoms with Crippen LogP contribution in [0.25, 0.3) is 0 Å². The number of aromatic nitrogens is 2. The third kappa shape index (κ3) is 0.667. The number of nitrogens with zero attached hydrogens (tertiary/aromatic N) is 2. The van der Waals surface area contributed by atoms with Gasteiger partial charge < -0.3 is 5.11 Å². The summed E-state index contributed by atoms with van der Waals surface area (Å²) in [6.07, 6.45) is 4.44. The highest BCUT2D eigenvalue weighted by molar-refractivity contribution is 5.31. The summed E-state index contributed by atoms with van der Waals surface area (Å²) in [5.74, 6) is 0.169. The maximum atomic E-state index is 9.18. The Bertz CT molecular complexity index is 260. The quantitative estimate of drug-likeness (QED) is 0.570. The average molecular weight is 136 g/mol. The van der Waals surface area contributed by atoms with Gasteiger partial charge in [0.2, 0.25) is 5.88 Å². The summed E-state index contributed by atoms with van der Waals surface area (Å²) in [6.45, 7) is 0. The van der Waals surface area contributed by atoms with E-state index >= 15 is 0 Å². The molecule has 0 spiro atoms. The molecular formula is C7H8N2O. The molecule has 1 aromatic heterocycles. The molecule has 0 atom stereocenters. The van der Waals surface area contributed by atoms with Gasteiger partial charge in [-0.15, -0.1) is 0 Å². The van der Waals surface area contributed by atoms with Crippen molar-refractivity contribution >= 4 is 0 Å². The van der Waals surface area contributed by atoms with E-state index in [1.54, 1.807) is 0 Å². The average Bonchev–Trinajstić information content (AvgIpc) is 2.36. The molecular weight excluding hydrogens is 128 g/mol. The summed E-state index contributed by atoms with van der Waals surface area (Å²) in [4.78, 5) is 7.74. The van der Waals surface area contributed by atoms with Crippen molar-refractivity contribution in [1.82, 2.24) is 9.97 Å². The Balaban J connectivity index is 2.59. The first-order valence-electron chi connectivity index (χ1n) is 3.39. The van der Waals surface area contributed by atoms with E-state index in [4.69, 9.17) is 0 Å². The molecule has 0 amide bonds. The zero-order valence-corrected chi connectivity index (χ0v) is 5.54. The summed E-state index contributed by atoms with van der Waals surface area (Å²) in [5, 5.41) is 9.18. The van der Waals surface area contributed by atoms with E-state index in [2.05, 4.69) is 9.97 Å². The summed E-state index contributed by atoms with van der Waals surface area (Å²) in [5.41, 5.74) is 1.97. The molecule has 2 rings (SSSR count). The first-order valence-corrected chi connectivity index (χ1v) is 3.39. The molecule has 1 aromatic rings. The Hall–Kier alpha value is -1.12. The Labute approximate surface area is 58.8 Å². The van der Waals surface area contributed by atoms with Gasteiger partial charge in [0.05, 0.1) is 5.69 Å². The largest absolute Gasteiger partial charge is 0.493 e. The molecule has 10 heavy (non-hydrogen) atoms. The highest BCUT2D eigenvalue weighted by atomic mass is 16.3. The zero-order chi connectivity index (χ0) is 6.97. The van der Waals surface area contributed by atoms with E-state index in [1.807, 2.05) is 0 Å². The monoisotopic (exact) mass is 136 g/mol. The molecule has 0 fully saturated rings. The molecule has 0 unspecified atom stereocenters. The molecule has 0 radical (unpaired) electrons. The minimum Gasteiger partial charge on any atom is -0.493 e. The van der Waals surface area contributed by atoms with Crippen molar-refractivity contribution < 1.29 is 5.11 Å². The van der Waals surface area contributed by atoms with E-state index in [1.165, 1.54) is 6.33 Å². The van der Waals surface area contributed by atoms with Crippen molar-refractivity contribution in [2.45, 2.75) is 19.3 Å². The van der Waals surface area contributed by atoms with Crippen LogP contribution in [0.4, 0.5) is 0 Å². The van der Waals surface area contributed by atoms with Crippen molar-refractivity contribution in [2.24, 2.45) is 0 Å². The number of aryl methyl sites for hydroxylation is 1. The van der Waals surface area contributed by atoms with Gasteiger partial charge in [0, 0.05) is 5.56 Å². The highest BCUT2D eigenvalue weighted by Crippen LogP contribution is 2.24. The highest BCUT2D eigenvalue weighted by Gasteiger charge is 2.15. The summed E-state index contributed by atoms with van der Waals surface area (Å²) < 4.78 is 0. The molecule has 1 aliphatic rings. The molecule has 1 aliphatic carbocycles. The van der Waals surface area contributed by atoms with Crippen LogP contribution < -0.4 is 0 Å². The molecule has 1 heterocycles. The van der Waals surface area contributed by atoms with Gasteiger partial charge in [-0.1, -0.05) is 0 Å². The molecule has 3 heteroatoms. The van der Waals surface area contributed by atoms with Crippen LogP contribution in [0.15, 0.2) is 6.33 Å². The van der Waals surface area contributed by atoms with Crippen molar-refractivity contribution in [3.05, 3.63) is 17.6 Å². The van der Waals surface area contributed by atoms with E-state index < -0.39 is 0 Å². The van der Waals surface area contributed by atoms with Crippen LogP contribution >= 0.6 is 0 Å². The lowest BCUT2D eigenvalue weighted by Gasteiger charge is -1.96.